The Morgan fingerprint density at radius 1 is 1.11 bits per heavy atom. The lowest BCUT2D eigenvalue weighted by atomic mass is 10.0. The van der Waals surface area contributed by atoms with E-state index in [2.05, 4.69) is 66.8 Å². The van der Waals surface area contributed by atoms with E-state index in [0.29, 0.717) is 0 Å². The van der Waals surface area contributed by atoms with E-state index < -0.39 is 0 Å². The molecule has 0 spiro atoms. The van der Waals surface area contributed by atoms with Gasteiger partial charge in [-0.3, -0.25) is 9.91 Å². The molecule has 0 bridgehead atoms. The van der Waals surface area contributed by atoms with Crippen molar-refractivity contribution in [3.05, 3.63) is 41.5 Å². The van der Waals surface area contributed by atoms with Crippen LogP contribution >= 0.6 is 12.6 Å². The Labute approximate surface area is 118 Å². The summed E-state index contributed by atoms with van der Waals surface area (Å²) in [5.41, 5.74) is 3.65. The smallest absolute Gasteiger partial charge is 0.168 e. The van der Waals surface area contributed by atoms with Gasteiger partial charge in [-0.1, -0.05) is 23.8 Å². The van der Waals surface area contributed by atoms with Crippen LogP contribution in [0.4, 0.5) is 5.69 Å². The number of hydrazone groups is 1. The van der Waals surface area contributed by atoms with Crippen LogP contribution in [0.1, 0.15) is 11.1 Å². The summed E-state index contributed by atoms with van der Waals surface area (Å²) >= 11 is 4.60. The van der Waals surface area contributed by atoms with Crippen molar-refractivity contribution in [2.24, 2.45) is 5.10 Å². The zero-order valence-electron chi connectivity index (χ0n) is 11.3. The molecule has 19 heavy (non-hydrogen) atoms. The van der Waals surface area contributed by atoms with Crippen LogP contribution in [0.15, 0.2) is 35.4 Å². The Morgan fingerprint density at radius 2 is 1.89 bits per heavy atom. The highest BCUT2D eigenvalue weighted by Gasteiger charge is 2.24. The van der Waals surface area contributed by atoms with E-state index in [1.807, 2.05) is 18.4 Å². The summed E-state index contributed by atoms with van der Waals surface area (Å²) in [4.78, 5) is 2.09. The number of anilines is 1. The molecule has 0 fully saturated rings. The Kier molecular flexibility index (Phi) is 2.90. The maximum absolute atomic E-state index is 4.60. The normalized spacial score (nSPS) is 18.6. The zero-order chi connectivity index (χ0) is 13.6. The predicted octanol–water partition coefficient (Wildman–Crippen LogP) is 3.37. The van der Waals surface area contributed by atoms with Crippen molar-refractivity contribution in [3.63, 3.8) is 0 Å². The van der Waals surface area contributed by atoms with Crippen LogP contribution in [0, 0.1) is 13.8 Å². The second kappa shape index (κ2) is 4.46. The van der Waals surface area contributed by atoms with Gasteiger partial charge in [-0.05, 0) is 36.9 Å². The number of aryl methyl sites for hydroxylation is 2. The van der Waals surface area contributed by atoms with E-state index >= 15 is 0 Å². The van der Waals surface area contributed by atoms with Crippen LogP contribution in [0.2, 0.25) is 0 Å². The van der Waals surface area contributed by atoms with Crippen LogP contribution in [0.25, 0.3) is 10.8 Å². The summed E-state index contributed by atoms with van der Waals surface area (Å²) in [6.07, 6.45) is 1.84. The molecule has 4 heteroatoms. The monoisotopic (exact) mass is 271 g/mol. The Balaban J connectivity index is 2.22. The molecular formula is C15H17N3S. The molecule has 1 aliphatic rings. The quantitative estimate of drug-likeness (QED) is 0.802. The van der Waals surface area contributed by atoms with Gasteiger partial charge in [0.15, 0.2) is 5.50 Å². The minimum absolute atomic E-state index is 0.0496. The summed E-state index contributed by atoms with van der Waals surface area (Å²) in [6.45, 7) is 4.26. The molecule has 3 rings (SSSR count). The highest BCUT2D eigenvalue weighted by molar-refractivity contribution is 7.81. The lowest BCUT2D eigenvalue weighted by molar-refractivity contribution is 0.367. The summed E-state index contributed by atoms with van der Waals surface area (Å²) in [6, 6.07) is 10.9. The van der Waals surface area contributed by atoms with Crippen molar-refractivity contribution in [1.29, 1.82) is 0 Å². The lowest BCUT2D eigenvalue weighted by Gasteiger charge is -2.25. The summed E-state index contributed by atoms with van der Waals surface area (Å²) in [5.74, 6) is 0. The molecule has 2 aromatic rings. The predicted molar refractivity (Wildman–Crippen MR) is 84.9 cm³/mol. The van der Waals surface area contributed by atoms with Gasteiger partial charge in [-0.15, -0.1) is 12.6 Å². The van der Waals surface area contributed by atoms with Crippen LogP contribution in [0.3, 0.4) is 0 Å². The molecule has 0 saturated carbocycles. The summed E-state index contributed by atoms with van der Waals surface area (Å²) in [5, 5.41) is 8.66. The number of fused-ring (bicyclic) bond motifs is 1. The van der Waals surface area contributed by atoms with E-state index in [1.165, 1.54) is 21.9 Å². The van der Waals surface area contributed by atoms with Gasteiger partial charge in [0.25, 0.3) is 0 Å². The standard InChI is InChI=1S/C15H17N3S/c1-10-4-6-12-11(2)5-7-14(13(12)8-10)18-9-16-17(3)15(18)19/h4-9,15,19H,1-3H3. The van der Waals surface area contributed by atoms with Gasteiger partial charge in [0.1, 0.15) is 6.34 Å². The maximum atomic E-state index is 4.60. The second-order valence-corrected chi connectivity index (χ2v) is 5.47. The van der Waals surface area contributed by atoms with Crippen molar-refractivity contribution < 1.29 is 0 Å². The number of benzene rings is 2. The molecule has 1 heterocycles. The molecule has 3 nitrogen and oxygen atoms in total. The molecule has 0 N–H and O–H groups in total. The third-order valence-corrected chi connectivity index (χ3v) is 4.17. The molecule has 1 unspecified atom stereocenters. The third-order valence-electron chi connectivity index (χ3n) is 3.59. The van der Waals surface area contributed by atoms with E-state index in [-0.39, 0.29) is 5.50 Å². The van der Waals surface area contributed by atoms with Gasteiger partial charge >= 0.3 is 0 Å². The number of hydrogen-bond acceptors (Lipinski definition) is 4. The fourth-order valence-electron chi connectivity index (χ4n) is 2.45. The molecule has 0 radical (unpaired) electrons. The van der Waals surface area contributed by atoms with Crippen LogP contribution in [0.5, 0.6) is 0 Å². The van der Waals surface area contributed by atoms with Crippen molar-refractivity contribution in [1.82, 2.24) is 5.01 Å². The fourth-order valence-corrected chi connectivity index (χ4v) is 2.69. The van der Waals surface area contributed by atoms with Gasteiger partial charge in [-0.2, -0.15) is 5.10 Å². The van der Waals surface area contributed by atoms with Gasteiger partial charge < -0.3 is 0 Å². The number of thiol groups is 1. The van der Waals surface area contributed by atoms with Crippen LogP contribution in [-0.2, 0) is 0 Å². The Morgan fingerprint density at radius 3 is 2.58 bits per heavy atom. The maximum Gasteiger partial charge on any atom is 0.168 e. The van der Waals surface area contributed by atoms with Crippen LogP contribution in [-0.4, -0.2) is 23.9 Å². The van der Waals surface area contributed by atoms with E-state index in [0.717, 1.165) is 5.69 Å². The molecule has 98 valence electrons. The third kappa shape index (κ3) is 1.96. The minimum Gasteiger partial charge on any atom is -0.299 e. The molecule has 1 aliphatic heterocycles. The first-order chi connectivity index (χ1) is 9.08. The van der Waals surface area contributed by atoms with Crippen molar-refractivity contribution in [3.8, 4) is 0 Å². The average Bonchev–Trinajstić information content (AvgIpc) is 2.71. The van der Waals surface area contributed by atoms with Crippen molar-refractivity contribution in [2.45, 2.75) is 19.3 Å². The SMILES string of the molecule is Cc1ccc2c(C)ccc(N3C=NN(C)C3S)c2c1. The van der Waals surface area contributed by atoms with Crippen molar-refractivity contribution in [2.75, 3.05) is 11.9 Å². The summed E-state index contributed by atoms with van der Waals surface area (Å²) < 4.78 is 0. The highest BCUT2D eigenvalue weighted by atomic mass is 32.1. The summed E-state index contributed by atoms with van der Waals surface area (Å²) in [7, 11) is 1.93. The van der Waals surface area contributed by atoms with Gasteiger partial charge in [-0.25, -0.2) is 0 Å². The molecule has 1 atom stereocenters. The minimum atomic E-state index is -0.0496. The lowest BCUT2D eigenvalue weighted by Crippen LogP contribution is -2.33. The van der Waals surface area contributed by atoms with E-state index in [4.69, 9.17) is 0 Å². The largest absolute Gasteiger partial charge is 0.299 e. The van der Waals surface area contributed by atoms with Gasteiger partial charge in [0.05, 0.1) is 5.69 Å². The van der Waals surface area contributed by atoms with E-state index in [9.17, 15) is 0 Å². The Bertz CT molecular complexity index is 666. The number of nitrogens with zero attached hydrogens (tertiary/aromatic N) is 3. The van der Waals surface area contributed by atoms with Gasteiger partial charge in [0, 0.05) is 12.4 Å². The average molecular weight is 271 g/mol. The number of rotatable bonds is 1. The molecule has 0 aliphatic carbocycles. The molecule has 2 aromatic carbocycles. The van der Waals surface area contributed by atoms with E-state index in [1.54, 1.807) is 0 Å². The fraction of sp³-hybridized carbons (Fsp3) is 0.267. The Hall–Kier alpha value is -1.68. The molecular weight excluding hydrogens is 254 g/mol. The highest BCUT2D eigenvalue weighted by Crippen LogP contribution is 2.33. The zero-order valence-corrected chi connectivity index (χ0v) is 12.2. The molecule has 0 amide bonds. The topological polar surface area (TPSA) is 18.8 Å². The van der Waals surface area contributed by atoms with Gasteiger partial charge in [0.2, 0.25) is 0 Å². The molecule has 0 aromatic heterocycles. The van der Waals surface area contributed by atoms with Crippen molar-refractivity contribution >= 4 is 35.4 Å². The second-order valence-electron chi connectivity index (χ2n) is 5.01. The first-order valence-corrected chi connectivity index (χ1v) is 6.83. The first-order valence-electron chi connectivity index (χ1n) is 6.31. The first kappa shape index (κ1) is 12.4. The molecule has 0 saturated heterocycles. The van der Waals surface area contributed by atoms with Crippen LogP contribution < -0.4 is 4.90 Å². The number of hydrogen-bond donors (Lipinski definition) is 1.